The highest BCUT2D eigenvalue weighted by Gasteiger charge is 2.44. The highest BCUT2D eigenvalue weighted by Crippen LogP contribution is 2.38. The van der Waals surface area contributed by atoms with Crippen molar-refractivity contribution in [1.82, 2.24) is 29.0 Å². The van der Waals surface area contributed by atoms with Crippen LogP contribution >= 0.6 is 0 Å². The number of aromatic nitrogens is 5. The quantitative estimate of drug-likeness (QED) is 0.280. The summed E-state index contributed by atoms with van der Waals surface area (Å²) >= 11 is 0. The fraction of sp³-hybridized carbons (Fsp3) is 0.393. The number of anilines is 1. The minimum atomic E-state index is -5.38. The number of ether oxygens (including phenoxy) is 2. The number of hydrogen-bond acceptors (Lipinski definition) is 10. The average molecular weight is 614 g/mol. The third kappa shape index (κ3) is 4.94. The van der Waals surface area contributed by atoms with Gasteiger partial charge in [-0.15, -0.1) is 0 Å². The van der Waals surface area contributed by atoms with Crippen LogP contribution in [0.5, 0.6) is 5.75 Å². The molecule has 0 amide bonds. The molecule has 1 atom stereocenters. The Morgan fingerprint density at radius 1 is 1.16 bits per heavy atom. The van der Waals surface area contributed by atoms with Crippen LogP contribution < -0.4 is 26.2 Å². The summed E-state index contributed by atoms with van der Waals surface area (Å²) in [6.07, 6.45) is -2.67. The number of hydrogen-bond donors (Lipinski definition) is 1. The van der Waals surface area contributed by atoms with Gasteiger partial charge in [-0.2, -0.15) is 18.2 Å². The summed E-state index contributed by atoms with van der Waals surface area (Å²) in [6, 6.07) is 7.68. The Morgan fingerprint density at radius 3 is 2.66 bits per heavy atom. The number of nitrogens with zero attached hydrogens (tertiary/aromatic N) is 6. The highest BCUT2D eigenvalue weighted by atomic mass is 19.4. The van der Waals surface area contributed by atoms with E-state index in [9.17, 15) is 27.6 Å². The molecule has 44 heavy (non-hydrogen) atoms. The molecule has 0 radical (unpaired) electrons. The second-order valence-corrected chi connectivity index (χ2v) is 10.7. The lowest BCUT2D eigenvalue weighted by Crippen LogP contribution is -2.46. The first kappa shape index (κ1) is 27.9. The molecule has 230 valence electrons. The monoisotopic (exact) mass is 613 g/mol. The first-order valence-corrected chi connectivity index (χ1v) is 14.0. The predicted molar refractivity (Wildman–Crippen MR) is 147 cm³/mol. The molecular weight excluding hydrogens is 587 g/mol. The lowest BCUT2D eigenvalue weighted by Gasteiger charge is -2.22. The smallest absolute Gasteiger partial charge is 0.488 e. The summed E-state index contributed by atoms with van der Waals surface area (Å²) in [5, 5.41) is 3.31. The van der Waals surface area contributed by atoms with E-state index >= 15 is 0 Å². The summed E-state index contributed by atoms with van der Waals surface area (Å²) in [4.78, 5) is 51.3. The molecule has 1 aromatic carbocycles. The fourth-order valence-corrected chi connectivity index (χ4v) is 5.67. The van der Waals surface area contributed by atoms with Gasteiger partial charge in [-0.3, -0.25) is 13.9 Å². The number of fused-ring (bicyclic) bond motifs is 1. The number of imidazole rings is 1. The maximum atomic E-state index is 14.3. The number of carbonyl (C=O) groups excluding carboxylic acids is 1. The average Bonchev–Trinajstić information content (AvgIpc) is 3.35. The SMILES string of the molecule is O=C(OC(COc1ccccc1)n1c(=O)c2c(nc(N3CCC4=C3CNC4)n2Cc2ncco2)n(C2CC2)c1=O)C(F)(F)F. The molecule has 0 saturated heterocycles. The summed E-state index contributed by atoms with van der Waals surface area (Å²) in [5.41, 5.74) is 0.249. The number of rotatable bonds is 9. The molecule has 4 aromatic rings. The number of carbonyl (C=O) groups is 1. The van der Waals surface area contributed by atoms with E-state index in [0.29, 0.717) is 36.4 Å². The van der Waals surface area contributed by atoms with Gasteiger partial charge in [-0.25, -0.2) is 19.1 Å². The molecule has 0 bridgehead atoms. The molecular formula is C28H26F3N7O6. The first-order valence-electron chi connectivity index (χ1n) is 14.0. The second-order valence-electron chi connectivity index (χ2n) is 10.7. The van der Waals surface area contributed by atoms with Crippen molar-refractivity contribution in [3.05, 3.63) is 80.8 Å². The minimum Gasteiger partial charge on any atom is -0.488 e. The van der Waals surface area contributed by atoms with Crippen LogP contribution in [0.25, 0.3) is 11.2 Å². The maximum absolute atomic E-state index is 14.3. The highest BCUT2D eigenvalue weighted by molar-refractivity contribution is 5.77. The Kier molecular flexibility index (Phi) is 6.79. The Labute approximate surface area is 246 Å². The molecule has 1 saturated carbocycles. The fourth-order valence-electron chi connectivity index (χ4n) is 5.67. The van der Waals surface area contributed by atoms with Crippen molar-refractivity contribution in [3.8, 4) is 5.75 Å². The van der Waals surface area contributed by atoms with Gasteiger partial charge in [0, 0.05) is 31.4 Å². The third-order valence-electron chi connectivity index (χ3n) is 7.82. The largest absolute Gasteiger partial charge is 0.491 e. The number of oxazole rings is 1. The van der Waals surface area contributed by atoms with Crippen molar-refractivity contribution in [3.63, 3.8) is 0 Å². The van der Waals surface area contributed by atoms with Crippen molar-refractivity contribution < 1.29 is 31.9 Å². The Balaban J connectivity index is 1.43. The van der Waals surface area contributed by atoms with Gasteiger partial charge in [0.15, 0.2) is 11.2 Å². The Morgan fingerprint density at radius 2 is 1.95 bits per heavy atom. The van der Waals surface area contributed by atoms with Crippen molar-refractivity contribution in [2.24, 2.45) is 0 Å². The number of halogens is 3. The molecule has 13 nitrogen and oxygen atoms in total. The molecule has 1 unspecified atom stereocenters. The zero-order valence-corrected chi connectivity index (χ0v) is 23.1. The van der Waals surface area contributed by atoms with Gasteiger partial charge in [-0.05, 0) is 37.0 Å². The van der Waals surface area contributed by atoms with E-state index in [0.717, 1.165) is 18.7 Å². The topological polar surface area (TPSA) is 139 Å². The Hall–Kier alpha value is -4.86. The first-order chi connectivity index (χ1) is 21.2. The summed E-state index contributed by atoms with van der Waals surface area (Å²) < 4.78 is 59.4. The van der Waals surface area contributed by atoms with Crippen molar-refractivity contribution in [2.75, 3.05) is 31.1 Å². The van der Waals surface area contributed by atoms with E-state index in [1.165, 1.54) is 34.7 Å². The zero-order chi connectivity index (χ0) is 30.6. The maximum Gasteiger partial charge on any atom is 0.491 e. The van der Waals surface area contributed by atoms with Crippen LogP contribution in [-0.2, 0) is 16.1 Å². The van der Waals surface area contributed by atoms with E-state index in [4.69, 9.17) is 18.9 Å². The van der Waals surface area contributed by atoms with Crippen LogP contribution in [0.4, 0.5) is 19.1 Å². The summed E-state index contributed by atoms with van der Waals surface area (Å²) in [5.74, 6) is -1.73. The molecule has 1 fully saturated rings. The third-order valence-corrected chi connectivity index (χ3v) is 7.82. The van der Waals surface area contributed by atoms with E-state index in [-0.39, 0.29) is 35.4 Å². The number of alkyl halides is 3. The normalized spacial score (nSPS) is 17.4. The van der Waals surface area contributed by atoms with Gasteiger partial charge in [-0.1, -0.05) is 18.2 Å². The summed E-state index contributed by atoms with van der Waals surface area (Å²) in [7, 11) is 0. The van der Waals surface area contributed by atoms with E-state index < -0.39 is 36.2 Å². The van der Waals surface area contributed by atoms with Crippen molar-refractivity contribution in [2.45, 2.75) is 44.3 Å². The van der Waals surface area contributed by atoms with Crippen LogP contribution in [0, 0.1) is 0 Å². The van der Waals surface area contributed by atoms with Gasteiger partial charge < -0.3 is 24.1 Å². The molecule has 5 heterocycles. The Bertz CT molecular complexity index is 1870. The van der Waals surface area contributed by atoms with Crippen LogP contribution in [0.1, 0.15) is 37.4 Å². The van der Waals surface area contributed by atoms with Crippen LogP contribution in [0.3, 0.4) is 0 Å². The van der Waals surface area contributed by atoms with Crippen molar-refractivity contribution >= 4 is 23.1 Å². The number of benzene rings is 1. The molecule has 3 aliphatic rings. The molecule has 7 rings (SSSR count). The van der Waals surface area contributed by atoms with Gasteiger partial charge in [0.25, 0.3) is 5.56 Å². The molecule has 2 aliphatic heterocycles. The van der Waals surface area contributed by atoms with Gasteiger partial charge >= 0.3 is 17.8 Å². The lowest BCUT2D eigenvalue weighted by molar-refractivity contribution is -0.211. The molecule has 3 aromatic heterocycles. The van der Waals surface area contributed by atoms with Gasteiger partial charge in [0.1, 0.15) is 25.2 Å². The van der Waals surface area contributed by atoms with Crippen LogP contribution in [0.2, 0.25) is 0 Å². The summed E-state index contributed by atoms with van der Waals surface area (Å²) in [6.45, 7) is 1.09. The standard InChI is InChI=1S/C28H26F3N7O6/c29-28(30,31)25(40)44-21(15-43-18-4-2-1-3-5-18)38-24(39)22-23(37(27(38)41)17-6-7-17)34-26(36(22)14-20-33-9-11-42-20)35-10-8-16-12-32-13-19(16)35/h1-5,9,11,17,21,32H,6-8,10,12-15H2. The molecule has 1 aliphatic carbocycles. The van der Waals surface area contributed by atoms with E-state index in [1.54, 1.807) is 22.8 Å². The van der Waals surface area contributed by atoms with E-state index in [2.05, 4.69) is 10.3 Å². The zero-order valence-electron chi connectivity index (χ0n) is 23.1. The molecule has 1 N–H and O–H groups in total. The number of nitrogens with one attached hydrogen (secondary N) is 1. The predicted octanol–water partition coefficient (Wildman–Crippen LogP) is 2.48. The molecule has 0 spiro atoms. The van der Waals surface area contributed by atoms with Gasteiger partial charge in [0.2, 0.25) is 18.1 Å². The van der Waals surface area contributed by atoms with Gasteiger partial charge in [0.05, 0.1) is 6.20 Å². The minimum absolute atomic E-state index is 0.0585. The lowest BCUT2D eigenvalue weighted by atomic mass is 10.2. The molecule has 16 heteroatoms. The number of para-hydroxylation sites is 1. The number of esters is 1. The van der Waals surface area contributed by atoms with Crippen LogP contribution in [-0.4, -0.2) is 62.1 Å². The van der Waals surface area contributed by atoms with Crippen LogP contribution in [0.15, 0.2) is 68.1 Å². The second kappa shape index (κ2) is 10.7. The van der Waals surface area contributed by atoms with E-state index in [1.807, 2.05) is 4.90 Å². The van der Waals surface area contributed by atoms with Crippen molar-refractivity contribution in [1.29, 1.82) is 0 Å².